The fourth-order valence-corrected chi connectivity index (χ4v) is 1.92. The van der Waals surface area contributed by atoms with E-state index in [1.54, 1.807) is 0 Å². The molecule has 1 heteroatoms. The molecule has 17 heavy (non-hydrogen) atoms. The molecular weight excluding hydrogens is 206 g/mol. The molecular formula is C16H23N. The van der Waals surface area contributed by atoms with Crippen LogP contribution in [0.2, 0.25) is 0 Å². The first-order chi connectivity index (χ1) is 8.22. The second kappa shape index (κ2) is 7.86. The summed E-state index contributed by atoms with van der Waals surface area (Å²) in [6.45, 7) is 8.07. The van der Waals surface area contributed by atoms with Crippen LogP contribution in [0.1, 0.15) is 25.8 Å². The molecule has 0 fully saturated rings. The molecule has 1 nitrogen and oxygen atoms in total. The van der Waals surface area contributed by atoms with Gasteiger partial charge in [0, 0.05) is 12.1 Å². The van der Waals surface area contributed by atoms with Crippen molar-refractivity contribution in [3.05, 3.63) is 60.7 Å². The fraction of sp³-hybridized carbons (Fsp3) is 0.375. The Morgan fingerprint density at radius 2 is 1.94 bits per heavy atom. The van der Waals surface area contributed by atoms with Crippen molar-refractivity contribution in [3.8, 4) is 0 Å². The van der Waals surface area contributed by atoms with Crippen LogP contribution in [0.4, 0.5) is 0 Å². The first-order valence-electron chi connectivity index (χ1n) is 6.30. The van der Waals surface area contributed by atoms with Gasteiger partial charge in [-0.2, -0.15) is 0 Å². The molecule has 0 spiro atoms. The Morgan fingerprint density at radius 3 is 2.53 bits per heavy atom. The highest BCUT2D eigenvalue weighted by Gasteiger charge is 2.08. The largest absolute Gasteiger partial charge is 0.311 e. The minimum Gasteiger partial charge on any atom is -0.311 e. The molecule has 0 aromatic heterocycles. The lowest BCUT2D eigenvalue weighted by atomic mass is 10.0. The topological polar surface area (TPSA) is 12.0 Å². The summed E-state index contributed by atoms with van der Waals surface area (Å²) >= 11 is 0. The van der Waals surface area contributed by atoms with E-state index < -0.39 is 0 Å². The van der Waals surface area contributed by atoms with Gasteiger partial charge in [-0.25, -0.2) is 0 Å². The second-order valence-corrected chi connectivity index (χ2v) is 4.61. The molecule has 1 atom stereocenters. The van der Waals surface area contributed by atoms with Crippen molar-refractivity contribution in [2.75, 3.05) is 0 Å². The van der Waals surface area contributed by atoms with Crippen molar-refractivity contribution >= 4 is 0 Å². The van der Waals surface area contributed by atoms with Crippen LogP contribution in [0.3, 0.4) is 0 Å². The zero-order valence-corrected chi connectivity index (χ0v) is 10.9. The zero-order chi connectivity index (χ0) is 12.5. The van der Waals surface area contributed by atoms with E-state index in [0.29, 0.717) is 12.1 Å². The van der Waals surface area contributed by atoms with E-state index in [1.165, 1.54) is 5.56 Å². The van der Waals surface area contributed by atoms with Gasteiger partial charge in [0.05, 0.1) is 0 Å². The standard InChI is InChI=1S/C16H23N/c1-4-5-7-12-16(17-14(2)3)13-15-10-8-6-9-11-15/h4-11,14,16-17H,1,12-13H2,2-3H3/b7-5-. The molecule has 0 radical (unpaired) electrons. The van der Waals surface area contributed by atoms with Crippen LogP contribution in [-0.4, -0.2) is 12.1 Å². The molecule has 1 unspecified atom stereocenters. The summed E-state index contributed by atoms with van der Waals surface area (Å²) < 4.78 is 0. The molecule has 1 aromatic carbocycles. The molecule has 1 rings (SSSR count). The minimum atomic E-state index is 0.494. The Morgan fingerprint density at radius 1 is 1.24 bits per heavy atom. The van der Waals surface area contributed by atoms with Gasteiger partial charge < -0.3 is 5.32 Å². The summed E-state index contributed by atoms with van der Waals surface area (Å²) in [5.41, 5.74) is 1.39. The summed E-state index contributed by atoms with van der Waals surface area (Å²) in [4.78, 5) is 0. The highest BCUT2D eigenvalue weighted by Crippen LogP contribution is 2.07. The van der Waals surface area contributed by atoms with Crippen LogP contribution in [0.5, 0.6) is 0 Å². The van der Waals surface area contributed by atoms with Crippen molar-refractivity contribution in [1.29, 1.82) is 0 Å². The lowest BCUT2D eigenvalue weighted by Gasteiger charge is -2.20. The Balaban J connectivity index is 2.56. The van der Waals surface area contributed by atoms with Crippen LogP contribution in [-0.2, 0) is 6.42 Å². The van der Waals surface area contributed by atoms with Gasteiger partial charge in [0.2, 0.25) is 0 Å². The Labute approximate surface area is 105 Å². The Bertz CT molecular complexity index is 338. The molecule has 1 aromatic rings. The predicted octanol–water partition coefficient (Wildman–Crippen LogP) is 3.73. The van der Waals surface area contributed by atoms with Gasteiger partial charge in [0.25, 0.3) is 0 Å². The molecule has 0 aliphatic carbocycles. The van der Waals surface area contributed by atoms with Crippen LogP contribution in [0, 0.1) is 0 Å². The molecule has 0 amide bonds. The Hall–Kier alpha value is -1.34. The molecule has 0 bridgehead atoms. The average molecular weight is 229 g/mol. The van der Waals surface area contributed by atoms with Crippen molar-refractivity contribution in [3.63, 3.8) is 0 Å². The lowest BCUT2D eigenvalue weighted by Crippen LogP contribution is -2.36. The van der Waals surface area contributed by atoms with Gasteiger partial charge in [-0.1, -0.05) is 69.0 Å². The van der Waals surface area contributed by atoms with E-state index in [0.717, 1.165) is 12.8 Å². The number of hydrogen-bond donors (Lipinski definition) is 1. The third-order valence-corrected chi connectivity index (χ3v) is 2.59. The van der Waals surface area contributed by atoms with E-state index in [9.17, 15) is 0 Å². The molecule has 0 saturated carbocycles. The van der Waals surface area contributed by atoms with Gasteiger partial charge in [0.1, 0.15) is 0 Å². The van der Waals surface area contributed by atoms with Crippen LogP contribution >= 0.6 is 0 Å². The molecule has 92 valence electrons. The van der Waals surface area contributed by atoms with Gasteiger partial charge in [0.15, 0.2) is 0 Å². The highest BCUT2D eigenvalue weighted by molar-refractivity contribution is 5.16. The SMILES string of the molecule is C=C/C=C\CC(Cc1ccccc1)NC(C)C. The lowest BCUT2D eigenvalue weighted by molar-refractivity contribution is 0.462. The number of hydrogen-bond acceptors (Lipinski definition) is 1. The summed E-state index contributed by atoms with van der Waals surface area (Å²) in [5.74, 6) is 0. The highest BCUT2D eigenvalue weighted by atomic mass is 14.9. The average Bonchev–Trinajstić information content (AvgIpc) is 2.30. The van der Waals surface area contributed by atoms with Gasteiger partial charge in [-0.05, 0) is 18.4 Å². The van der Waals surface area contributed by atoms with Crippen LogP contribution in [0.25, 0.3) is 0 Å². The molecule has 0 aliphatic heterocycles. The van der Waals surface area contributed by atoms with E-state index in [2.05, 4.69) is 62.2 Å². The molecule has 1 N–H and O–H groups in total. The predicted molar refractivity (Wildman–Crippen MR) is 76.2 cm³/mol. The summed E-state index contributed by atoms with van der Waals surface area (Å²) in [5, 5.41) is 3.60. The molecule has 0 heterocycles. The fourth-order valence-electron chi connectivity index (χ4n) is 1.92. The van der Waals surface area contributed by atoms with Gasteiger partial charge >= 0.3 is 0 Å². The third kappa shape index (κ3) is 6.08. The number of nitrogens with one attached hydrogen (secondary N) is 1. The minimum absolute atomic E-state index is 0.494. The number of rotatable bonds is 7. The van der Waals surface area contributed by atoms with Gasteiger partial charge in [-0.15, -0.1) is 0 Å². The van der Waals surface area contributed by atoms with E-state index >= 15 is 0 Å². The van der Waals surface area contributed by atoms with Gasteiger partial charge in [-0.3, -0.25) is 0 Å². The monoisotopic (exact) mass is 229 g/mol. The second-order valence-electron chi connectivity index (χ2n) is 4.61. The number of allylic oxidation sites excluding steroid dienone is 2. The van der Waals surface area contributed by atoms with Crippen molar-refractivity contribution in [1.82, 2.24) is 5.32 Å². The maximum absolute atomic E-state index is 3.70. The van der Waals surface area contributed by atoms with E-state index in [4.69, 9.17) is 0 Å². The molecule has 0 saturated heterocycles. The normalized spacial score (nSPS) is 13.1. The maximum Gasteiger partial charge on any atom is 0.0144 e. The van der Waals surface area contributed by atoms with Crippen molar-refractivity contribution in [2.24, 2.45) is 0 Å². The van der Waals surface area contributed by atoms with E-state index in [1.807, 2.05) is 12.2 Å². The summed E-state index contributed by atoms with van der Waals surface area (Å²) in [6, 6.07) is 11.6. The van der Waals surface area contributed by atoms with Crippen molar-refractivity contribution in [2.45, 2.75) is 38.8 Å². The first kappa shape index (κ1) is 13.7. The zero-order valence-electron chi connectivity index (χ0n) is 10.9. The first-order valence-corrected chi connectivity index (χ1v) is 6.30. The summed E-state index contributed by atoms with van der Waals surface area (Å²) in [6.07, 6.45) is 8.13. The van der Waals surface area contributed by atoms with Crippen LogP contribution < -0.4 is 5.32 Å². The smallest absolute Gasteiger partial charge is 0.0144 e. The Kier molecular flexibility index (Phi) is 6.34. The van der Waals surface area contributed by atoms with Crippen LogP contribution in [0.15, 0.2) is 55.1 Å². The number of benzene rings is 1. The third-order valence-electron chi connectivity index (χ3n) is 2.59. The van der Waals surface area contributed by atoms with Crippen molar-refractivity contribution < 1.29 is 0 Å². The van der Waals surface area contributed by atoms with E-state index in [-0.39, 0.29) is 0 Å². The summed E-state index contributed by atoms with van der Waals surface area (Å²) in [7, 11) is 0. The quantitative estimate of drug-likeness (QED) is 0.703. The maximum atomic E-state index is 3.70. The molecule has 0 aliphatic rings.